The Hall–Kier alpha value is -4.86. The smallest absolute Gasteiger partial charge is 0.407 e. The number of unbranched alkanes of at least 4 members (excludes halogenated alkanes) is 1. The Morgan fingerprint density at radius 3 is 2.02 bits per heavy atom. The van der Waals surface area contributed by atoms with Gasteiger partial charge >= 0.3 is 18.2 Å². The first-order valence-corrected chi connectivity index (χ1v) is 15.2. The number of benzene rings is 3. The SMILES string of the molecule is CC(C)[C@@H](C(=O)O)N(C)C(=O)[C@H](CCCCNC(=O)OCc1ccccc1)NC(=O)OCC1c2ccccc2-c2ccccc21. The minimum Gasteiger partial charge on any atom is -0.480 e. The van der Waals surface area contributed by atoms with Gasteiger partial charge in [-0.2, -0.15) is 0 Å². The Kier molecular flexibility index (Phi) is 11.6. The Morgan fingerprint density at radius 2 is 1.42 bits per heavy atom. The lowest BCUT2D eigenvalue weighted by atomic mass is 9.98. The molecular formula is C35H41N3O7. The monoisotopic (exact) mass is 615 g/mol. The number of aliphatic carboxylic acids is 1. The van der Waals surface area contributed by atoms with E-state index in [4.69, 9.17) is 9.47 Å². The topological polar surface area (TPSA) is 134 Å². The van der Waals surface area contributed by atoms with Crippen molar-refractivity contribution in [3.63, 3.8) is 0 Å². The van der Waals surface area contributed by atoms with Crippen molar-refractivity contribution in [3.05, 3.63) is 95.6 Å². The molecule has 45 heavy (non-hydrogen) atoms. The standard InChI is InChI=1S/C35H41N3O7/c1-23(2)31(33(40)41)38(3)32(39)30(19-11-12-20-36-34(42)44-21-24-13-5-4-6-14-24)37-35(43)45-22-29-27-17-9-7-15-25(27)26-16-8-10-18-28(26)29/h4-10,13-18,23,29-31H,11-12,19-22H2,1-3H3,(H,36,42)(H,37,43)(H,40,41)/t30-,31-/m0/s1. The van der Waals surface area contributed by atoms with Crippen molar-refractivity contribution in [2.75, 3.05) is 20.2 Å². The first kappa shape index (κ1) is 33.0. The number of likely N-dealkylation sites (N-methyl/N-ethyl adjacent to an activating group) is 1. The maximum Gasteiger partial charge on any atom is 0.407 e. The summed E-state index contributed by atoms with van der Waals surface area (Å²) in [4.78, 5) is 51.8. The maximum absolute atomic E-state index is 13.5. The number of amides is 3. The van der Waals surface area contributed by atoms with E-state index >= 15 is 0 Å². The lowest BCUT2D eigenvalue weighted by Crippen LogP contribution is -2.54. The second kappa shape index (κ2) is 15.7. The van der Waals surface area contributed by atoms with Crippen LogP contribution >= 0.6 is 0 Å². The molecule has 3 aromatic rings. The molecule has 0 saturated heterocycles. The van der Waals surface area contributed by atoms with Gasteiger partial charge in [-0.25, -0.2) is 14.4 Å². The molecule has 0 aromatic heterocycles. The third-order valence-corrected chi connectivity index (χ3v) is 7.98. The Bertz CT molecular complexity index is 1430. The summed E-state index contributed by atoms with van der Waals surface area (Å²) in [5.41, 5.74) is 5.20. The molecule has 1 aliphatic carbocycles. The molecule has 10 heteroatoms. The van der Waals surface area contributed by atoms with Gasteiger partial charge < -0.3 is 30.1 Å². The summed E-state index contributed by atoms with van der Waals surface area (Å²) in [6, 6.07) is 23.2. The summed E-state index contributed by atoms with van der Waals surface area (Å²) in [7, 11) is 1.43. The van der Waals surface area contributed by atoms with Crippen LogP contribution in [-0.4, -0.2) is 66.4 Å². The number of fused-ring (bicyclic) bond motifs is 3. The van der Waals surface area contributed by atoms with Gasteiger partial charge in [0.15, 0.2) is 0 Å². The predicted molar refractivity (Wildman–Crippen MR) is 170 cm³/mol. The number of rotatable bonds is 14. The van der Waals surface area contributed by atoms with Gasteiger partial charge in [-0.15, -0.1) is 0 Å². The van der Waals surface area contributed by atoms with Crippen LogP contribution in [0.15, 0.2) is 78.9 Å². The normalized spacial score (nSPS) is 13.2. The third kappa shape index (κ3) is 8.62. The predicted octanol–water partition coefficient (Wildman–Crippen LogP) is 5.56. The average Bonchev–Trinajstić information content (AvgIpc) is 3.35. The molecule has 238 valence electrons. The fraction of sp³-hybridized carbons (Fsp3) is 0.371. The first-order chi connectivity index (χ1) is 21.7. The number of hydrogen-bond acceptors (Lipinski definition) is 6. The molecule has 0 bridgehead atoms. The van der Waals surface area contributed by atoms with Crippen LogP contribution in [-0.2, 0) is 25.7 Å². The highest BCUT2D eigenvalue weighted by Crippen LogP contribution is 2.44. The van der Waals surface area contributed by atoms with Crippen LogP contribution < -0.4 is 10.6 Å². The molecule has 1 aliphatic rings. The second-order valence-corrected chi connectivity index (χ2v) is 11.5. The number of ether oxygens (including phenoxy) is 2. The van der Waals surface area contributed by atoms with Crippen LogP contribution in [0.2, 0.25) is 0 Å². The fourth-order valence-electron chi connectivity index (χ4n) is 5.76. The van der Waals surface area contributed by atoms with Crippen LogP contribution in [0.25, 0.3) is 11.1 Å². The summed E-state index contributed by atoms with van der Waals surface area (Å²) in [5, 5.41) is 15.1. The molecule has 3 N–H and O–H groups in total. The van der Waals surface area contributed by atoms with Gasteiger partial charge in [-0.3, -0.25) is 4.79 Å². The molecule has 0 spiro atoms. The number of carbonyl (C=O) groups excluding carboxylic acids is 3. The van der Waals surface area contributed by atoms with E-state index in [9.17, 15) is 24.3 Å². The van der Waals surface area contributed by atoms with E-state index in [0.29, 0.717) is 19.4 Å². The van der Waals surface area contributed by atoms with E-state index in [2.05, 4.69) is 10.6 Å². The van der Waals surface area contributed by atoms with E-state index in [1.54, 1.807) is 13.8 Å². The van der Waals surface area contributed by atoms with E-state index in [-0.39, 0.29) is 31.5 Å². The third-order valence-electron chi connectivity index (χ3n) is 7.98. The molecule has 2 atom stereocenters. The van der Waals surface area contributed by atoms with Crippen LogP contribution in [0.5, 0.6) is 0 Å². The van der Waals surface area contributed by atoms with Crippen LogP contribution in [0, 0.1) is 5.92 Å². The summed E-state index contributed by atoms with van der Waals surface area (Å²) in [6.07, 6.45) is -0.121. The fourth-order valence-corrected chi connectivity index (χ4v) is 5.76. The van der Waals surface area contributed by atoms with Crippen molar-refractivity contribution in [2.24, 2.45) is 5.92 Å². The molecule has 10 nitrogen and oxygen atoms in total. The van der Waals surface area contributed by atoms with Crippen molar-refractivity contribution in [1.29, 1.82) is 0 Å². The minimum atomic E-state index is -1.13. The molecule has 0 radical (unpaired) electrons. The van der Waals surface area contributed by atoms with Crippen LogP contribution in [0.4, 0.5) is 9.59 Å². The van der Waals surface area contributed by atoms with Gasteiger partial charge in [0.25, 0.3) is 0 Å². The highest BCUT2D eigenvalue weighted by molar-refractivity contribution is 5.89. The van der Waals surface area contributed by atoms with E-state index in [1.807, 2.05) is 78.9 Å². The van der Waals surface area contributed by atoms with E-state index in [1.165, 1.54) is 11.9 Å². The number of nitrogens with one attached hydrogen (secondary N) is 2. The molecule has 3 aromatic carbocycles. The van der Waals surface area contributed by atoms with Crippen molar-refractivity contribution < 1.29 is 33.8 Å². The number of alkyl carbamates (subject to hydrolysis) is 2. The summed E-state index contributed by atoms with van der Waals surface area (Å²) in [5.74, 6) is -2.15. The number of carboxylic acids is 1. The molecule has 0 saturated carbocycles. The zero-order chi connectivity index (χ0) is 32.3. The summed E-state index contributed by atoms with van der Waals surface area (Å²) >= 11 is 0. The van der Waals surface area contributed by atoms with Gasteiger partial charge in [-0.1, -0.05) is 92.7 Å². The van der Waals surface area contributed by atoms with Crippen molar-refractivity contribution in [2.45, 2.75) is 57.7 Å². The van der Waals surface area contributed by atoms with Gasteiger partial charge in [0, 0.05) is 19.5 Å². The molecule has 4 rings (SSSR count). The van der Waals surface area contributed by atoms with Crippen molar-refractivity contribution in [3.8, 4) is 11.1 Å². The molecule has 0 fully saturated rings. The van der Waals surface area contributed by atoms with E-state index in [0.717, 1.165) is 27.8 Å². The molecular weight excluding hydrogens is 574 g/mol. The molecule has 0 unspecified atom stereocenters. The molecule has 0 aliphatic heterocycles. The highest BCUT2D eigenvalue weighted by atomic mass is 16.6. The first-order valence-electron chi connectivity index (χ1n) is 15.2. The summed E-state index contributed by atoms with van der Waals surface area (Å²) < 4.78 is 10.9. The highest BCUT2D eigenvalue weighted by Gasteiger charge is 2.34. The zero-order valence-corrected chi connectivity index (χ0v) is 25.9. The Morgan fingerprint density at radius 1 is 0.822 bits per heavy atom. The van der Waals surface area contributed by atoms with Gasteiger partial charge in [0.05, 0.1) is 0 Å². The van der Waals surface area contributed by atoms with E-state index < -0.39 is 36.1 Å². The van der Waals surface area contributed by atoms with Crippen LogP contribution in [0.3, 0.4) is 0 Å². The Labute approximate surface area is 263 Å². The van der Waals surface area contributed by atoms with Crippen LogP contribution in [0.1, 0.15) is 55.7 Å². The minimum absolute atomic E-state index is 0.0787. The van der Waals surface area contributed by atoms with Gasteiger partial charge in [0.1, 0.15) is 25.3 Å². The quantitative estimate of drug-likeness (QED) is 0.202. The lowest BCUT2D eigenvalue weighted by molar-refractivity contribution is -0.151. The number of nitrogens with zero attached hydrogens (tertiary/aromatic N) is 1. The number of hydrogen-bond donors (Lipinski definition) is 3. The maximum atomic E-state index is 13.5. The van der Waals surface area contributed by atoms with Crippen molar-refractivity contribution in [1.82, 2.24) is 15.5 Å². The largest absolute Gasteiger partial charge is 0.480 e. The zero-order valence-electron chi connectivity index (χ0n) is 25.9. The van der Waals surface area contributed by atoms with Gasteiger partial charge in [-0.05, 0) is 53.0 Å². The molecule has 0 heterocycles. The molecule has 3 amide bonds. The second-order valence-electron chi connectivity index (χ2n) is 11.5. The van der Waals surface area contributed by atoms with Crippen molar-refractivity contribution >= 4 is 24.1 Å². The average molecular weight is 616 g/mol. The number of carbonyl (C=O) groups is 4. The lowest BCUT2D eigenvalue weighted by Gasteiger charge is -2.31. The van der Waals surface area contributed by atoms with Gasteiger partial charge in [0.2, 0.25) is 5.91 Å². The Balaban J connectivity index is 1.34. The number of carboxylic acid groups (broad SMARTS) is 1. The summed E-state index contributed by atoms with van der Waals surface area (Å²) in [6.45, 7) is 3.98.